The van der Waals surface area contributed by atoms with Crippen LogP contribution in [0.5, 0.6) is 0 Å². The second kappa shape index (κ2) is 7.77. The fourth-order valence-electron chi connectivity index (χ4n) is 2.83. The van der Waals surface area contributed by atoms with E-state index in [2.05, 4.69) is 21.0 Å². The molecule has 1 aromatic heterocycles. The number of urea groups is 1. The number of hydrogen-bond donors (Lipinski definition) is 3. The minimum Gasteiger partial charge on any atom is -0.335 e. The normalized spacial score (nSPS) is 18.2. The van der Waals surface area contributed by atoms with E-state index < -0.39 is 11.9 Å². The van der Waals surface area contributed by atoms with Gasteiger partial charge in [-0.2, -0.15) is 18.3 Å². The molecule has 3 rings (SSSR count). The minimum absolute atomic E-state index is 0.133. The number of nitrogens with zero attached hydrogens (tertiary/aromatic N) is 2. The Hall–Kier alpha value is -2.55. The summed E-state index contributed by atoms with van der Waals surface area (Å²) in [5, 5.41) is 12.5. The molecule has 0 saturated carbocycles. The Morgan fingerprint density at radius 2 is 1.92 bits per heavy atom. The highest BCUT2D eigenvalue weighted by atomic mass is 19.4. The molecule has 1 aliphatic heterocycles. The summed E-state index contributed by atoms with van der Waals surface area (Å²) in [5.74, 6) is 0. The molecule has 6 nitrogen and oxygen atoms in total. The van der Waals surface area contributed by atoms with E-state index in [1.807, 2.05) is 0 Å². The van der Waals surface area contributed by atoms with E-state index >= 15 is 0 Å². The molecule has 1 atom stereocenters. The van der Waals surface area contributed by atoms with Crippen molar-refractivity contribution in [2.75, 3.05) is 18.4 Å². The van der Waals surface area contributed by atoms with Gasteiger partial charge in [0.05, 0.1) is 5.69 Å². The lowest BCUT2D eigenvalue weighted by atomic mass is 10.1. The Kier molecular flexibility index (Phi) is 5.46. The Labute approximate surface area is 148 Å². The maximum Gasteiger partial charge on any atom is 0.435 e. The quantitative estimate of drug-likeness (QED) is 0.780. The topological polar surface area (TPSA) is 71.0 Å². The number of rotatable bonds is 3. The molecule has 1 fully saturated rings. The van der Waals surface area contributed by atoms with Gasteiger partial charge in [0.1, 0.15) is 0 Å². The third-order valence-electron chi connectivity index (χ3n) is 4.18. The summed E-state index contributed by atoms with van der Waals surface area (Å²) in [7, 11) is 0. The number of hydrogen-bond acceptors (Lipinski definition) is 3. The zero-order chi connectivity index (χ0) is 18.6. The maximum atomic E-state index is 12.6. The highest BCUT2D eigenvalue weighted by molar-refractivity contribution is 5.89. The van der Waals surface area contributed by atoms with E-state index in [1.165, 1.54) is 6.20 Å². The van der Waals surface area contributed by atoms with Gasteiger partial charge in [-0.05, 0) is 62.7 Å². The standard InChI is InChI=1S/C17H20F3N5O/c18-17(19,20)15-8-11-25(24-15)14-5-3-13(4-6-14)23-16(26)22-12-2-1-9-21-10-7-12/h3-6,8,11-12,21H,1-2,7,9-10H2,(H2,22,23,26). The lowest BCUT2D eigenvalue weighted by Crippen LogP contribution is -2.38. The molecular formula is C17H20F3N5O. The molecule has 140 valence electrons. The van der Waals surface area contributed by atoms with Crippen molar-refractivity contribution < 1.29 is 18.0 Å². The smallest absolute Gasteiger partial charge is 0.335 e. The van der Waals surface area contributed by atoms with Crippen LogP contribution < -0.4 is 16.0 Å². The van der Waals surface area contributed by atoms with Gasteiger partial charge in [0.2, 0.25) is 0 Å². The van der Waals surface area contributed by atoms with Gasteiger partial charge in [-0.3, -0.25) is 0 Å². The van der Waals surface area contributed by atoms with Crippen LogP contribution in [-0.4, -0.2) is 34.9 Å². The van der Waals surface area contributed by atoms with E-state index in [0.29, 0.717) is 11.4 Å². The first-order chi connectivity index (χ1) is 12.4. The summed E-state index contributed by atoms with van der Waals surface area (Å²) in [6, 6.07) is 7.20. The van der Waals surface area contributed by atoms with Gasteiger partial charge in [0, 0.05) is 17.9 Å². The first kappa shape index (κ1) is 18.2. The number of aromatic nitrogens is 2. The van der Waals surface area contributed by atoms with Crippen molar-refractivity contribution in [1.82, 2.24) is 20.4 Å². The molecule has 0 radical (unpaired) electrons. The Morgan fingerprint density at radius 1 is 1.15 bits per heavy atom. The van der Waals surface area contributed by atoms with Crippen LogP contribution in [0, 0.1) is 0 Å². The first-order valence-electron chi connectivity index (χ1n) is 8.43. The molecule has 0 bridgehead atoms. The molecule has 1 unspecified atom stereocenters. The summed E-state index contributed by atoms with van der Waals surface area (Å²) in [5.41, 5.74) is 0.0828. The number of anilines is 1. The van der Waals surface area contributed by atoms with Gasteiger partial charge >= 0.3 is 12.2 Å². The van der Waals surface area contributed by atoms with Crippen LogP contribution in [0.4, 0.5) is 23.7 Å². The third kappa shape index (κ3) is 4.75. The summed E-state index contributed by atoms with van der Waals surface area (Å²) in [6.45, 7) is 1.84. The zero-order valence-electron chi connectivity index (χ0n) is 14.0. The first-order valence-corrected chi connectivity index (χ1v) is 8.43. The predicted octanol–water partition coefficient (Wildman–Crippen LogP) is 3.15. The number of benzene rings is 1. The van der Waals surface area contributed by atoms with Gasteiger partial charge in [-0.15, -0.1) is 0 Å². The number of alkyl halides is 3. The Bertz CT molecular complexity index is 734. The predicted molar refractivity (Wildman–Crippen MR) is 91.2 cm³/mol. The Morgan fingerprint density at radius 3 is 2.62 bits per heavy atom. The van der Waals surface area contributed by atoms with Crippen molar-refractivity contribution in [3.8, 4) is 5.69 Å². The number of amides is 2. The van der Waals surface area contributed by atoms with Crippen LogP contribution in [0.3, 0.4) is 0 Å². The van der Waals surface area contributed by atoms with Crippen molar-refractivity contribution in [1.29, 1.82) is 0 Å². The number of nitrogens with one attached hydrogen (secondary N) is 3. The fourth-order valence-corrected chi connectivity index (χ4v) is 2.83. The average Bonchev–Trinajstić information content (AvgIpc) is 2.96. The van der Waals surface area contributed by atoms with Gasteiger partial charge in [0.25, 0.3) is 0 Å². The van der Waals surface area contributed by atoms with Crippen LogP contribution >= 0.6 is 0 Å². The molecule has 1 saturated heterocycles. The van der Waals surface area contributed by atoms with Crippen molar-refractivity contribution in [2.45, 2.75) is 31.5 Å². The van der Waals surface area contributed by atoms with Crippen LogP contribution in [-0.2, 0) is 6.18 Å². The number of halogens is 3. The molecule has 3 N–H and O–H groups in total. The summed E-state index contributed by atoms with van der Waals surface area (Å²) < 4.78 is 39.0. The lowest BCUT2D eigenvalue weighted by Gasteiger charge is -2.16. The molecule has 2 aromatic rings. The molecular weight excluding hydrogens is 347 g/mol. The highest BCUT2D eigenvalue weighted by Gasteiger charge is 2.33. The van der Waals surface area contributed by atoms with Crippen LogP contribution in [0.15, 0.2) is 36.5 Å². The molecule has 0 aliphatic carbocycles. The van der Waals surface area contributed by atoms with Crippen LogP contribution in [0.2, 0.25) is 0 Å². The molecule has 26 heavy (non-hydrogen) atoms. The van der Waals surface area contributed by atoms with Gasteiger partial charge in [-0.1, -0.05) is 0 Å². The van der Waals surface area contributed by atoms with Gasteiger partial charge in [0.15, 0.2) is 5.69 Å². The minimum atomic E-state index is -4.47. The van der Waals surface area contributed by atoms with Crippen molar-refractivity contribution in [3.05, 3.63) is 42.2 Å². The van der Waals surface area contributed by atoms with E-state index in [9.17, 15) is 18.0 Å². The largest absolute Gasteiger partial charge is 0.435 e. The van der Waals surface area contributed by atoms with E-state index in [0.717, 1.165) is 43.1 Å². The van der Waals surface area contributed by atoms with Gasteiger partial charge in [-0.25, -0.2) is 9.48 Å². The molecule has 9 heteroatoms. The maximum absolute atomic E-state index is 12.6. The number of carbonyl (C=O) groups excluding carboxylic acids is 1. The second-order valence-electron chi connectivity index (χ2n) is 6.17. The molecule has 1 aliphatic rings. The molecule has 2 amide bonds. The SMILES string of the molecule is O=C(Nc1ccc(-n2ccc(C(F)(F)F)n2)cc1)NC1CCCNCC1. The monoisotopic (exact) mass is 367 g/mol. The van der Waals surface area contributed by atoms with Crippen molar-refractivity contribution in [2.24, 2.45) is 0 Å². The van der Waals surface area contributed by atoms with E-state index in [4.69, 9.17) is 0 Å². The van der Waals surface area contributed by atoms with E-state index in [-0.39, 0.29) is 12.1 Å². The van der Waals surface area contributed by atoms with Gasteiger partial charge < -0.3 is 16.0 Å². The summed E-state index contributed by atoms with van der Waals surface area (Å²) >= 11 is 0. The number of carbonyl (C=O) groups is 1. The van der Waals surface area contributed by atoms with Crippen LogP contribution in [0.25, 0.3) is 5.69 Å². The molecule has 1 aromatic carbocycles. The zero-order valence-corrected chi connectivity index (χ0v) is 14.0. The molecule has 0 spiro atoms. The Balaban J connectivity index is 1.58. The highest BCUT2D eigenvalue weighted by Crippen LogP contribution is 2.28. The van der Waals surface area contributed by atoms with Crippen molar-refractivity contribution in [3.63, 3.8) is 0 Å². The van der Waals surface area contributed by atoms with Crippen LogP contribution in [0.1, 0.15) is 25.0 Å². The average molecular weight is 367 g/mol. The van der Waals surface area contributed by atoms with Crippen molar-refractivity contribution >= 4 is 11.7 Å². The fraction of sp³-hybridized carbons (Fsp3) is 0.412. The third-order valence-corrected chi connectivity index (χ3v) is 4.18. The summed E-state index contributed by atoms with van der Waals surface area (Å²) in [4.78, 5) is 12.1. The summed E-state index contributed by atoms with van der Waals surface area (Å²) in [6.07, 6.45) is -0.396. The molecule has 2 heterocycles. The van der Waals surface area contributed by atoms with E-state index in [1.54, 1.807) is 24.3 Å². The second-order valence-corrected chi connectivity index (χ2v) is 6.17. The lowest BCUT2D eigenvalue weighted by molar-refractivity contribution is -0.141.